The van der Waals surface area contributed by atoms with E-state index in [1.54, 1.807) is 0 Å². The van der Waals surface area contributed by atoms with E-state index in [1.165, 1.54) is 26.6 Å². The number of hydrogen-bond donors (Lipinski definition) is 0. The van der Waals surface area contributed by atoms with Gasteiger partial charge in [0.25, 0.3) is 0 Å². The second-order valence-electron chi connectivity index (χ2n) is 5.93. The Balaban J connectivity index is 2.46. The zero-order valence-corrected chi connectivity index (χ0v) is 12.1. The van der Waals surface area contributed by atoms with E-state index in [-0.39, 0.29) is 5.41 Å². The van der Waals surface area contributed by atoms with Gasteiger partial charge in [-0.05, 0) is 34.4 Å². The summed E-state index contributed by atoms with van der Waals surface area (Å²) < 4.78 is 3.64. The van der Waals surface area contributed by atoms with Crippen LogP contribution < -0.4 is 4.57 Å². The van der Waals surface area contributed by atoms with Gasteiger partial charge in [-0.2, -0.15) is 0 Å². The van der Waals surface area contributed by atoms with Gasteiger partial charge in [-0.1, -0.05) is 20.8 Å². The summed E-state index contributed by atoms with van der Waals surface area (Å²) in [5, 5.41) is 4.89. The van der Waals surface area contributed by atoms with Crippen molar-refractivity contribution >= 4 is 32.3 Å². The van der Waals surface area contributed by atoms with Crippen LogP contribution in [0.1, 0.15) is 26.3 Å². The van der Waals surface area contributed by atoms with E-state index in [9.17, 15) is 0 Å². The lowest BCUT2D eigenvalue weighted by Crippen LogP contribution is -2.31. The number of pyridine rings is 1. The van der Waals surface area contributed by atoms with Gasteiger partial charge in [-0.25, -0.2) is 4.57 Å². The van der Waals surface area contributed by atoms with Crippen LogP contribution in [0.5, 0.6) is 0 Å². The van der Waals surface area contributed by atoms with Crippen molar-refractivity contribution in [3.8, 4) is 0 Å². The summed E-state index contributed by atoms with van der Waals surface area (Å²) in [6, 6.07) is 8.99. The smallest absolute Gasteiger partial charge is 0.201 e. The Hall–Kier alpha value is -1.41. The monoisotopic (exact) mass is 256 g/mol. The zero-order chi connectivity index (χ0) is 12.9. The molecule has 2 heterocycles. The van der Waals surface area contributed by atoms with Crippen LogP contribution in [0, 0.1) is 0 Å². The highest BCUT2D eigenvalue weighted by Crippen LogP contribution is 2.31. The molecule has 18 heavy (non-hydrogen) atoms. The number of aryl methyl sites for hydroxylation is 1. The van der Waals surface area contributed by atoms with Crippen molar-refractivity contribution in [1.29, 1.82) is 0 Å². The summed E-state index contributed by atoms with van der Waals surface area (Å²) in [6.45, 7) is 6.80. The molecule has 2 aromatic heterocycles. The van der Waals surface area contributed by atoms with Crippen LogP contribution in [0.4, 0.5) is 0 Å². The number of aromatic nitrogens is 1. The van der Waals surface area contributed by atoms with Crippen LogP contribution in [0.3, 0.4) is 0 Å². The molecule has 2 heteroatoms. The third-order valence-electron chi connectivity index (χ3n) is 3.52. The second-order valence-corrected chi connectivity index (χ2v) is 6.84. The molecule has 92 valence electrons. The molecule has 0 aliphatic rings. The van der Waals surface area contributed by atoms with Gasteiger partial charge in [0.1, 0.15) is 7.05 Å². The van der Waals surface area contributed by atoms with E-state index in [4.69, 9.17) is 0 Å². The third kappa shape index (κ3) is 1.72. The molecule has 0 saturated heterocycles. The molecular weight excluding hydrogens is 238 g/mol. The molecule has 0 fully saturated rings. The first-order valence-corrected chi connectivity index (χ1v) is 7.15. The number of hydrogen-bond acceptors (Lipinski definition) is 1. The molecule has 0 atom stereocenters. The molecule has 1 nitrogen and oxygen atoms in total. The maximum atomic E-state index is 2.36. The van der Waals surface area contributed by atoms with Crippen LogP contribution in [0.15, 0.2) is 35.8 Å². The topological polar surface area (TPSA) is 3.88 Å². The van der Waals surface area contributed by atoms with Crippen molar-refractivity contribution in [2.45, 2.75) is 26.2 Å². The molecule has 0 N–H and O–H groups in total. The highest BCUT2D eigenvalue weighted by atomic mass is 32.1. The summed E-state index contributed by atoms with van der Waals surface area (Å²) in [5.41, 5.74) is 2.88. The lowest BCUT2D eigenvalue weighted by molar-refractivity contribution is -0.645. The summed E-state index contributed by atoms with van der Waals surface area (Å²) in [5.74, 6) is 0. The summed E-state index contributed by atoms with van der Waals surface area (Å²) in [6.07, 6.45) is 2.25. The molecule has 0 spiro atoms. The molecule has 0 amide bonds. The first kappa shape index (κ1) is 11.7. The van der Waals surface area contributed by atoms with Gasteiger partial charge in [-0.3, -0.25) is 0 Å². The zero-order valence-electron chi connectivity index (χ0n) is 11.3. The summed E-state index contributed by atoms with van der Waals surface area (Å²) in [4.78, 5) is 0. The number of rotatable bonds is 0. The Bertz CT molecular complexity index is 732. The van der Waals surface area contributed by atoms with Crippen molar-refractivity contribution in [1.82, 2.24) is 0 Å². The van der Waals surface area contributed by atoms with E-state index in [0.717, 1.165) is 0 Å². The molecule has 3 aromatic rings. The maximum absolute atomic E-state index is 2.36. The van der Waals surface area contributed by atoms with Gasteiger partial charge in [0.2, 0.25) is 5.52 Å². The molecule has 0 aliphatic carbocycles. The van der Waals surface area contributed by atoms with E-state index < -0.39 is 0 Å². The van der Waals surface area contributed by atoms with E-state index in [2.05, 4.69) is 68.2 Å². The number of benzene rings is 1. The predicted octanol–water partition coefficient (Wildman–Crippen LogP) is 4.18. The van der Waals surface area contributed by atoms with Crippen molar-refractivity contribution in [2.24, 2.45) is 7.05 Å². The molecule has 0 radical (unpaired) electrons. The van der Waals surface area contributed by atoms with Gasteiger partial charge in [0, 0.05) is 16.3 Å². The lowest BCUT2D eigenvalue weighted by Gasteiger charge is -2.17. The fraction of sp³-hybridized carbons (Fsp3) is 0.312. The number of thiophene rings is 1. The van der Waals surface area contributed by atoms with Gasteiger partial charge >= 0.3 is 0 Å². The van der Waals surface area contributed by atoms with Crippen molar-refractivity contribution in [3.05, 3.63) is 41.4 Å². The quantitative estimate of drug-likeness (QED) is 0.531. The Labute approximate surface area is 112 Å². The Kier molecular flexibility index (Phi) is 2.46. The third-order valence-corrected chi connectivity index (χ3v) is 4.48. The fourth-order valence-corrected chi connectivity index (χ4v) is 3.29. The van der Waals surface area contributed by atoms with E-state index >= 15 is 0 Å². The molecule has 0 aliphatic heterocycles. The minimum absolute atomic E-state index is 0.186. The van der Waals surface area contributed by atoms with Crippen LogP contribution in [0.25, 0.3) is 21.0 Å². The highest BCUT2D eigenvalue weighted by Gasteiger charge is 2.20. The molecule has 1 aromatic carbocycles. The van der Waals surface area contributed by atoms with Crippen LogP contribution in [0.2, 0.25) is 0 Å². The molecule has 0 bridgehead atoms. The second kappa shape index (κ2) is 3.79. The first-order chi connectivity index (χ1) is 8.47. The highest BCUT2D eigenvalue weighted by molar-refractivity contribution is 7.18. The first-order valence-electron chi connectivity index (χ1n) is 6.27. The standard InChI is InChI=1S/C16H18NS/c1-16(2,3)12-9-13-14(17(4)10-12)6-5-11-7-8-18-15(11)13/h5-10H,1-4H3/q+1. The van der Waals surface area contributed by atoms with Gasteiger partial charge in [0.05, 0.1) is 5.39 Å². The van der Waals surface area contributed by atoms with Crippen molar-refractivity contribution in [3.63, 3.8) is 0 Å². The fourth-order valence-electron chi connectivity index (χ4n) is 2.37. The number of nitrogens with zero attached hydrogens (tertiary/aromatic N) is 1. The van der Waals surface area contributed by atoms with Crippen molar-refractivity contribution in [2.75, 3.05) is 0 Å². The van der Waals surface area contributed by atoms with Crippen molar-refractivity contribution < 1.29 is 4.57 Å². The largest absolute Gasteiger partial charge is 0.213 e. The van der Waals surface area contributed by atoms with Gasteiger partial charge in [0.15, 0.2) is 6.20 Å². The SMILES string of the molecule is C[n+]1cc(C(C)(C)C)cc2c3sccc3ccc21. The van der Waals surface area contributed by atoms with E-state index in [1.807, 2.05) is 11.3 Å². The Morgan fingerprint density at radius 2 is 1.89 bits per heavy atom. The van der Waals surface area contributed by atoms with Gasteiger partial charge in [-0.15, -0.1) is 11.3 Å². The van der Waals surface area contributed by atoms with Crippen LogP contribution in [-0.4, -0.2) is 0 Å². The minimum Gasteiger partial charge on any atom is -0.201 e. The predicted molar refractivity (Wildman–Crippen MR) is 79.2 cm³/mol. The number of fused-ring (bicyclic) bond motifs is 3. The average molecular weight is 256 g/mol. The van der Waals surface area contributed by atoms with Gasteiger partial charge < -0.3 is 0 Å². The molecule has 3 rings (SSSR count). The summed E-state index contributed by atoms with van der Waals surface area (Å²) in [7, 11) is 2.14. The lowest BCUT2D eigenvalue weighted by atomic mass is 9.87. The average Bonchev–Trinajstić information content (AvgIpc) is 2.75. The van der Waals surface area contributed by atoms with E-state index in [0.29, 0.717) is 0 Å². The maximum Gasteiger partial charge on any atom is 0.213 e. The van der Waals surface area contributed by atoms with Crippen LogP contribution >= 0.6 is 11.3 Å². The summed E-state index contributed by atoms with van der Waals surface area (Å²) >= 11 is 1.83. The normalized spacial score (nSPS) is 12.4. The Morgan fingerprint density at radius 1 is 1.11 bits per heavy atom. The minimum atomic E-state index is 0.186. The molecule has 0 saturated carbocycles. The molecule has 0 unspecified atom stereocenters. The molecular formula is C16H18NS+. The Morgan fingerprint density at radius 3 is 2.61 bits per heavy atom. The van der Waals surface area contributed by atoms with Crippen LogP contribution in [-0.2, 0) is 12.5 Å².